The van der Waals surface area contributed by atoms with Crippen LogP contribution in [0.15, 0.2) is 97.6 Å². The zero-order chi connectivity index (χ0) is 42.2. The average molecular weight is 883 g/mol. The molecule has 0 spiro atoms. The molecule has 0 bridgehead atoms. The highest BCUT2D eigenvalue weighted by Crippen LogP contribution is 2.50. The smallest absolute Gasteiger partial charge is 0.228 e. The number of carbonyl (C=O) groups is 2. The predicted molar refractivity (Wildman–Crippen MR) is 246 cm³/mol. The Morgan fingerprint density at radius 3 is 1.51 bits per heavy atom. The zero-order valence-electron chi connectivity index (χ0n) is 33.0. The fourth-order valence-electron chi connectivity index (χ4n) is 6.99. The number of carbonyl (C=O) groups excluding carboxylic acids is 2. The number of pyridine rings is 2. The van der Waals surface area contributed by atoms with Crippen LogP contribution in [0.25, 0.3) is 0 Å². The summed E-state index contributed by atoms with van der Waals surface area (Å²) in [5.41, 5.74) is 25.2. The normalized spacial score (nSPS) is 13.7. The molecule has 2 saturated carbocycles. The molecular weight excluding hydrogens is 829 g/mol. The average Bonchev–Trinajstić information content (AvgIpc) is 4.17. The molecule has 14 heteroatoms. The second kappa shape index (κ2) is 21.3. The first-order valence-corrected chi connectivity index (χ1v) is 20.5. The van der Waals surface area contributed by atoms with Crippen LogP contribution in [0.2, 0.25) is 15.3 Å². The van der Waals surface area contributed by atoms with Crippen molar-refractivity contribution >= 4 is 52.3 Å². The lowest BCUT2D eigenvalue weighted by molar-refractivity contribution is -0.121. The number of nitrogens with zero attached hydrogens (tertiary/aromatic N) is 6. The maximum atomic E-state index is 12.0. The van der Waals surface area contributed by atoms with Crippen molar-refractivity contribution in [3.63, 3.8) is 0 Å². The molecule has 6 N–H and O–H groups in total. The van der Waals surface area contributed by atoms with Crippen LogP contribution in [0.5, 0.6) is 0 Å². The van der Waals surface area contributed by atoms with Crippen molar-refractivity contribution < 1.29 is 9.59 Å². The number of hydrogen-bond donors (Lipinski definition) is 3. The van der Waals surface area contributed by atoms with Gasteiger partial charge in [0.15, 0.2) is 0 Å². The lowest BCUT2D eigenvalue weighted by Gasteiger charge is -2.16. The van der Waals surface area contributed by atoms with Crippen LogP contribution in [0, 0.1) is 13.8 Å². The number of nitrogen functional groups attached to an aromatic ring is 1. The fourth-order valence-corrected chi connectivity index (χ4v) is 7.51. The molecule has 0 saturated heterocycles. The van der Waals surface area contributed by atoms with Crippen LogP contribution in [0.4, 0.5) is 5.69 Å². The van der Waals surface area contributed by atoms with E-state index in [1.807, 2.05) is 86.8 Å². The maximum Gasteiger partial charge on any atom is 0.228 e. The van der Waals surface area contributed by atoms with Gasteiger partial charge in [-0.25, -0.2) is 19.9 Å². The largest absolute Gasteiger partial charge is 0.397 e. The van der Waals surface area contributed by atoms with Crippen LogP contribution in [-0.2, 0) is 52.5 Å². The van der Waals surface area contributed by atoms with E-state index in [0.29, 0.717) is 35.0 Å². The molecule has 0 atom stereocenters. The minimum absolute atomic E-state index is 0. The van der Waals surface area contributed by atoms with E-state index in [9.17, 15) is 9.59 Å². The van der Waals surface area contributed by atoms with Crippen molar-refractivity contribution in [3.8, 4) is 0 Å². The third kappa shape index (κ3) is 12.3. The summed E-state index contributed by atoms with van der Waals surface area (Å²) in [7, 11) is 0. The topological polar surface area (TPSA) is 190 Å². The second-order valence-corrected chi connectivity index (χ2v) is 16.1. The number of primary amides is 2. The third-order valence-electron chi connectivity index (χ3n) is 10.7. The van der Waals surface area contributed by atoms with Gasteiger partial charge in [-0.3, -0.25) is 19.6 Å². The molecule has 2 aliphatic carbocycles. The molecular formula is C47H54Cl3N9O2. The maximum absolute atomic E-state index is 12.0. The fraction of sp³-hybridized carbons (Fsp3) is 0.319. The summed E-state index contributed by atoms with van der Waals surface area (Å²) in [5.74, 6) is 0.237. The van der Waals surface area contributed by atoms with E-state index < -0.39 is 10.8 Å². The van der Waals surface area contributed by atoms with Gasteiger partial charge < -0.3 is 17.2 Å². The standard InChI is InChI=1S/C23H23ClN4O.C16H15Cl2N3O.C6H8N2.2CH4/c1-15-6-7-16(13-26-15)12-21-27-14-19(24)20(28-21)9-8-17-4-2-3-5-18(17)23(10-11-23)22(25)29;17-12-9-20-15(18)21-13(12)6-5-10-3-1-2-4-11(10)16(7-8-16)14(19)22;1-5-2-3-6(7)4-8-5;;/h2-7,13-14H,8-12H2,1H3,(H2,25,29);1-4,9H,5-8H2,(H2,19,22);2-4H,7H2,1H3;2*1H4. The molecule has 61 heavy (non-hydrogen) atoms. The van der Waals surface area contributed by atoms with Gasteiger partial charge in [0.2, 0.25) is 17.1 Å². The van der Waals surface area contributed by atoms with E-state index in [1.54, 1.807) is 12.4 Å². The first-order valence-electron chi connectivity index (χ1n) is 19.3. The summed E-state index contributed by atoms with van der Waals surface area (Å²) in [6, 6.07) is 23.7. The van der Waals surface area contributed by atoms with Gasteiger partial charge in [-0.2, -0.15) is 0 Å². The molecule has 0 aliphatic heterocycles. The van der Waals surface area contributed by atoms with E-state index in [2.05, 4.69) is 36.0 Å². The van der Waals surface area contributed by atoms with Gasteiger partial charge in [-0.15, -0.1) is 0 Å². The number of anilines is 1. The summed E-state index contributed by atoms with van der Waals surface area (Å²) < 4.78 is 0. The molecule has 4 aromatic heterocycles. The van der Waals surface area contributed by atoms with E-state index in [-0.39, 0.29) is 32.0 Å². The molecule has 8 rings (SSSR count). The van der Waals surface area contributed by atoms with Gasteiger partial charge in [0.25, 0.3) is 0 Å². The minimum Gasteiger partial charge on any atom is -0.397 e. The van der Waals surface area contributed by atoms with Crippen LogP contribution in [-0.4, -0.2) is 41.7 Å². The van der Waals surface area contributed by atoms with E-state index >= 15 is 0 Å². The first-order chi connectivity index (χ1) is 28.3. The van der Waals surface area contributed by atoms with Crippen molar-refractivity contribution in [2.75, 3.05) is 5.73 Å². The van der Waals surface area contributed by atoms with Gasteiger partial charge in [0.05, 0.1) is 50.3 Å². The monoisotopic (exact) mass is 881 g/mol. The lowest BCUT2D eigenvalue weighted by atomic mass is 9.88. The Hall–Kier alpha value is -5.49. The molecule has 2 aliphatic rings. The SMILES string of the molecule is C.C.Cc1ccc(Cc2ncc(Cl)c(CCc3ccccc3C3(C(N)=O)CC3)n2)cn1.Cc1ccc(N)cn1.NC(=O)C1(c2ccccc2CCc2nc(Cl)ncc2Cl)CC1. The Morgan fingerprint density at radius 2 is 1.07 bits per heavy atom. The van der Waals surface area contributed by atoms with Crippen molar-refractivity contribution in [1.29, 1.82) is 0 Å². The number of aryl methyl sites for hydroxylation is 6. The summed E-state index contributed by atoms with van der Waals surface area (Å²) in [6.45, 7) is 3.89. The molecule has 0 unspecified atom stereocenters. The van der Waals surface area contributed by atoms with Gasteiger partial charge >= 0.3 is 0 Å². The van der Waals surface area contributed by atoms with E-state index in [4.69, 9.17) is 52.0 Å². The minimum atomic E-state index is -0.490. The van der Waals surface area contributed by atoms with E-state index in [0.717, 1.165) is 94.9 Å². The molecule has 6 aromatic rings. The Morgan fingerprint density at radius 1 is 0.590 bits per heavy atom. The number of amides is 2. The number of aromatic nitrogens is 6. The summed E-state index contributed by atoms with van der Waals surface area (Å²) >= 11 is 18.3. The van der Waals surface area contributed by atoms with Crippen LogP contribution >= 0.6 is 34.8 Å². The van der Waals surface area contributed by atoms with E-state index in [1.165, 1.54) is 6.20 Å². The van der Waals surface area contributed by atoms with Gasteiger partial charge in [0, 0.05) is 30.2 Å². The van der Waals surface area contributed by atoms with Crippen molar-refractivity contribution in [2.24, 2.45) is 11.5 Å². The second-order valence-electron chi connectivity index (χ2n) is 14.9. The predicted octanol–water partition coefficient (Wildman–Crippen LogP) is 9.06. The summed E-state index contributed by atoms with van der Waals surface area (Å²) in [5, 5.41) is 1.24. The Kier molecular flexibility index (Phi) is 16.9. The number of nitrogens with two attached hydrogens (primary N) is 3. The molecule has 11 nitrogen and oxygen atoms in total. The third-order valence-corrected chi connectivity index (χ3v) is 11.5. The Bertz CT molecular complexity index is 2400. The van der Waals surface area contributed by atoms with Crippen LogP contribution in [0.1, 0.15) is 97.0 Å². The molecule has 2 fully saturated rings. The number of rotatable bonds is 12. The van der Waals surface area contributed by atoms with Gasteiger partial charge in [-0.05, 0) is 123 Å². The van der Waals surface area contributed by atoms with Crippen LogP contribution in [0.3, 0.4) is 0 Å². The number of benzene rings is 2. The lowest BCUT2D eigenvalue weighted by Crippen LogP contribution is -2.29. The first kappa shape index (κ1) is 48.2. The zero-order valence-corrected chi connectivity index (χ0v) is 35.2. The van der Waals surface area contributed by atoms with Crippen LogP contribution < -0.4 is 17.2 Å². The quantitative estimate of drug-likeness (QED) is 0.101. The van der Waals surface area contributed by atoms with Gasteiger partial charge in [-0.1, -0.05) is 92.7 Å². The number of halogens is 3. The Balaban J connectivity index is 0.000000226. The summed E-state index contributed by atoms with van der Waals surface area (Å²) in [4.78, 5) is 49.1. The molecule has 4 heterocycles. The molecule has 2 aromatic carbocycles. The van der Waals surface area contributed by atoms with Crippen molar-refractivity contribution in [2.45, 2.75) is 97.3 Å². The number of hydrogen-bond acceptors (Lipinski definition) is 9. The highest BCUT2D eigenvalue weighted by Gasteiger charge is 2.51. The van der Waals surface area contributed by atoms with Gasteiger partial charge in [0.1, 0.15) is 5.82 Å². The Labute approximate surface area is 374 Å². The van der Waals surface area contributed by atoms with Crippen molar-refractivity contribution in [1.82, 2.24) is 29.9 Å². The highest BCUT2D eigenvalue weighted by molar-refractivity contribution is 6.32. The molecule has 2 amide bonds. The highest BCUT2D eigenvalue weighted by atomic mass is 35.5. The molecule has 320 valence electrons. The molecule has 0 radical (unpaired) electrons. The van der Waals surface area contributed by atoms with Crippen molar-refractivity contribution in [3.05, 3.63) is 169 Å². The summed E-state index contributed by atoms with van der Waals surface area (Å²) in [6.07, 6.45) is 13.3.